The molecule has 0 spiro atoms. The van der Waals surface area contributed by atoms with Crippen LogP contribution in [0.2, 0.25) is 0 Å². The molecule has 0 unspecified atom stereocenters. The SMILES string of the molecule is CCCNc1cc(N2CCC(C)(C)C2)nc(C(C)C)n1. The highest BCUT2D eigenvalue weighted by Crippen LogP contribution is 2.32. The molecule has 112 valence electrons. The summed E-state index contributed by atoms with van der Waals surface area (Å²) in [6.45, 7) is 14.2. The summed E-state index contributed by atoms with van der Waals surface area (Å²) in [6.07, 6.45) is 2.33. The Morgan fingerprint density at radius 2 is 2.10 bits per heavy atom. The van der Waals surface area contributed by atoms with E-state index < -0.39 is 0 Å². The average Bonchev–Trinajstić information content (AvgIpc) is 2.76. The Kier molecular flexibility index (Phi) is 4.51. The van der Waals surface area contributed by atoms with Crippen molar-refractivity contribution in [2.75, 3.05) is 29.9 Å². The molecule has 2 rings (SSSR count). The van der Waals surface area contributed by atoms with Gasteiger partial charge in [-0.3, -0.25) is 0 Å². The van der Waals surface area contributed by atoms with Gasteiger partial charge in [0.2, 0.25) is 0 Å². The molecular formula is C16H28N4. The average molecular weight is 276 g/mol. The lowest BCUT2D eigenvalue weighted by atomic mass is 9.93. The maximum atomic E-state index is 4.76. The van der Waals surface area contributed by atoms with Crippen molar-refractivity contribution in [1.82, 2.24) is 9.97 Å². The van der Waals surface area contributed by atoms with Crippen molar-refractivity contribution in [3.63, 3.8) is 0 Å². The molecule has 0 radical (unpaired) electrons. The first-order valence-corrected chi connectivity index (χ1v) is 7.79. The standard InChI is InChI=1S/C16H28N4/c1-6-8-17-13-10-14(19-15(18-13)12(2)3)20-9-7-16(4,5)11-20/h10,12H,6-9,11H2,1-5H3,(H,17,18,19). The van der Waals surface area contributed by atoms with Crippen molar-refractivity contribution in [1.29, 1.82) is 0 Å². The highest BCUT2D eigenvalue weighted by Gasteiger charge is 2.30. The van der Waals surface area contributed by atoms with Crippen molar-refractivity contribution in [3.05, 3.63) is 11.9 Å². The van der Waals surface area contributed by atoms with Crippen LogP contribution < -0.4 is 10.2 Å². The minimum atomic E-state index is 0.354. The molecule has 4 heteroatoms. The van der Waals surface area contributed by atoms with Gasteiger partial charge in [0, 0.05) is 31.6 Å². The van der Waals surface area contributed by atoms with E-state index in [0.29, 0.717) is 11.3 Å². The van der Waals surface area contributed by atoms with E-state index in [2.05, 4.69) is 55.9 Å². The maximum absolute atomic E-state index is 4.76. The Morgan fingerprint density at radius 3 is 2.65 bits per heavy atom. The molecule has 0 saturated carbocycles. The third-order valence-corrected chi connectivity index (χ3v) is 3.80. The predicted molar refractivity (Wildman–Crippen MR) is 85.5 cm³/mol. The van der Waals surface area contributed by atoms with E-state index in [-0.39, 0.29) is 0 Å². The van der Waals surface area contributed by atoms with Crippen LogP contribution in [0.4, 0.5) is 11.6 Å². The molecule has 1 aromatic heterocycles. The lowest BCUT2D eigenvalue weighted by Crippen LogP contribution is -2.24. The van der Waals surface area contributed by atoms with E-state index in [9.17, 15) is 0 Å². The number of rotatable bonds is 5. The third-order valence-electron chi connectivity index (χ3n) is 3.80. The zero-order valence-corrected chi connectivity index (χ0v) is 13.5. The Labute approximate surface area is 123 Å². The van der Waals surface area contributed by atoms with Crippen LogP contribution in [0.25, 0.3) is 0 Å². The number of anilines is 2. The predicted octanol–water partition coefficient (Wildman–Crippen LogP) is 3.66. The molecule has 0 aromatic carbocycles. The van der Waals surface area contributed by atoms with Gasteiger partial charge in [0.25, 0.3) is 0 Å². The smallest absolute Gasteiger partial charge is 0.135 e. The molecule has 1 fully saturated rings. The van der Waals surface area contributed by atoms with Crippen molar-refractivity contribution in [2.45, 2.75) is 53.4 Å². The van der Waals surface area contributed by atoms with E-state index in [1.165, 1.54) is 6.42 Å². The van der Waals surface area contributed by atoms with Gasteiger partial charge in [0.1, 0.15) is 17.5 Å². The fourth-order valence-corrected chi connectivity index (χ4v) is 2.52. The molecule has 1 saturated heterocycles. The van der Waals surface area contributed by atoms with Crippen LogP contribution in [0.15, 0.2) is 6.07 Å². The zero-order valence-electron chi connectivity index (χ0n) is 13.5. The van der Waals surface area contributed by atoms with Gasteiger partial charge in [-0.25, -0.2) is 9.97 Å². The lowest BCUT2D eigenvalue weighted by molar-refractivity contribution is 0.418. The molecular weight excluding hydrogens is 248 g/mol. The number of hydrogen-bond donors (Lipinski definition) is 1. The van der Waals surface area contributed by atoms with Crippen molar-refractivity contribution < 1.29 is 0 Å². The summed E-state index contributed by atoms with van der Waals surface area (Å²) < 4.78 is 0. The van der Waals surface area contributed by atoms with Gasteiger partial charge in [-0.05, 0) is 18.3 Å². The van der Waals surface area contributed by atoms with Crippen LogP contribution in [-0.4, -0.2) is 29.6 Å². The summed E-state index contributed by atoms with van der Waals surface area (Å²) in [4.78, 5) is 11.8. The van der Waals surface area contributed by atoms with Crippen molar-refractivity contribution in [2.24, 2.45) is 5.41 Å². The second kappa shape index (κ2) is 5.98. The molecule has 0 atom stereocenters. The second-order valence-electron chi connectivity index (χ2n) is 6.89. The van der Waals surface area contributed by atoms with Crippen molar-refractivity contribution in [3.8, 4) is 0 Å². The van der Waals surface area contributed by atoms with Crippen LogP contribution in [0.5, 0.6) is 0 Å². The van der Waals surface area contributed by atoms with Gasteiger partial charge in [0.05, 0.1) is 0 Å². The maximum Gasteiger partial charge on any atom is 0.135 e. The van der Waals surface area contributed by atoms with Gasteiger partial charge in [-0.2, -0.15) is 0 Å². The molecule has 0 amide bonds. The molecule has 0 bridgehead atoms. The van der Waals surface area contributed by atoms with E-state index in [1.807, 2.05) is 0 Å². The molecule has 1 aliphatic heterocycles. The van der Waals surface area contributed by atoms with E-state index in [1.54, 1.807) is 0 Å². The number of aromatic nitrogens is 2. The van der Waals surface area contributed by atoms with Gasteiger partial charge >= 0.3 is 0 Å². The number of nitrogens with zero attached hydrogens (tertiary/aromatic N) is 3. The molecule has 1 aliphatic rings. The Hall–Kier alpha value is -1.32. The van der Waals surface area contributed by atoms with Gasteiger partial charge in [0.15, 0.2) is 0 Å². The van der Waals surface area contributed by atoms with E-state index in [4.69, 9.17) is 4.98 Å². The van der Waals surface area contributed by atoms with E-state index >= 15 is 0 Å². The summed E-state index contributed by atoms with van der Waals surface area (Å²) >= 11 is 0. The fraction of sp³-hybridized carbons (Fsp3) is 0.750. The van der Waals surface area contributed by atoms with Crippen molar-refractivity contribution >= 4 is 11.6 Å². The topological polar surface area (TPSA) is 41.0 Å². The van der Waals surface area contributed by atoms with Gasteiger partial charge < -0.3 is 10.2 Å². The number of hydrogen-bond acceptors (Lipinski definition) is 4. The lowest BCUT2D eigenvalue weighted by Gasteiger charge is -2.22. The van der Waals surface area contributed by atoms with E-state index in [0.717, 1.165) is 43.5 Å². The third kappa shape index (κ3) is 3.62. The van der Waals surface area contributed by atoms with Crippen LogP contribution >= 0.6 is 0 Å². The van der Waals surface area contributed by atoms with Crippen LogP contribution in [0, 0.1) is 5.41 Å². The normalized spacial score (nSPS) is 17.8. The Morgan fingerprint density at radius 1 is 1.35 bits per heavy atom. The first kappa shape index (κ1) is 15.1. The minimum absolute atomic E-state index is 0.354. The summed E-state index contributed by atoms with van der Waals surface area (Å²) in [6, 6.07) is 2.10. The highest BCUT2D eigenvalue weighted by atomic mass is 15.2. The monoisotopic (exact) mass is 276 g/mol. The molecule has 4 nitrogen and oxygen atoms in total. The summed E-state index contributed by atoms with van der Waals surface area (Å²) in [5, 5.41) is 3.40. The summed E-state index contributed by atoms with van der Waals surface area (Å²) in [5.74, 6) is 3.33. The van der Waals surface area contributed by atoms with Gasteiger partial charge in [-0.15, -0.1) is 0 Å². The first-order valence-electron chi connectivity index (χ1n) is 7.79. The van der Waals surface area contributed by atoms with Crippen LogP contribution in [0.3, 0.4) is 0 Å². The molecule has 2 heterocycles. The Bertz CT molecular complexity index is 454. The fourth-order valence-electron chi connectivity index (χ4n) is 2.52. The second-order valence-corrected chi connectivity index (χ2v) is 6.89. The Balaban J connectivity index is 2.25. The summed E-state index contributed by atoms with van der Waals surface area (Å²) in [7, 11) is 0. The quantitative estimate of drug-likeness (QED) is 0.891. The van der Waals surface area contributed by atoms with Gasteiger partial charge in [-0.1, -0.05) is 34.6 Å². The minimum Gasteiger partial charge on any atom is -0.370 e. The largest absolute Gasteiger partial charge is 0.370 e. The first-order chi connectivity index (χ1) is 9.41. The summed E-state index contributed by atoms with van der Waals surface area (Å²) in [5.41, 5.74) is 0.389. The molecule has 1 N–H and O–H groups in total. The highest BCUT2D eigenvalue weighted by molar-refractivity contribution is 5.50. The molecule has 0 aliphatic carbocycles. The molecule has 20 heavy (non-hydrogen) atoms. The van der Waals surface area contributed by atoms with Crippen LogP contribution in [-0.2, 0) is 0 Å². The zero-order chi connectivity index (χ0) is 14.8. The molecule has 1 aromatic rings. The number of nitrogens with one attached hydrogen (secondary N) is 1. The van der Waals surface area contributed by atoms with Crippen LogP contribution in [0.1, 0.15) is 59.2 Å².